The largest absolute Gasteiger partial charge is 0.508 e. The molecule has 0 amide bonds. The third-order valence-corrected chi connectivity index (χ3v) is 7.29. The summed E-state index contributed by atoms with van der Waals surface area (Å²) < 4.78 is 28.1. The third kappa shape index (κ3) is 4.37. The highest BCUT2D eigenvalue weighted by molar-refractivity contribution is 7.89. The summed E-state index contributed by atoms with van der Waals surface area (Å²) in [6.07, 6.45) is 0. The van der Waals surface area contributed by atoms with E-state index >= 15 is 0 Å². The number of nitriles is 1. The molecule has 1 heterocycles. The number of phenolic OH excluding ortho intramolecular Hbond substituents is 1. The molecule has 2 N–H and O–H groups in total. The Balaban J connectivity index is 1.81. The molecule has 0 aliphatic rings. The first-order valence-electron chi connectivity index (χ1n) is 9.45. The van der Waals surface area contributed by atoms with Crippen molar-refractivity contribution in [2.75, 3.05) is 0 Å². The highest BCUT2D eigenvalue weighted by Crippen LogP contribution is 2.43. The van der Waals surface area contributed by atoms with Crippen LogP contribution in [0.4, 0.5) is 0 Å². The number of aromatic hydroxyl groups is 1. The van der Waals surface area contributed by atoms with Gasteiger partial charge in [-0.05, 0) is 35.4 Å². The van der Waals surface area contributed by atoms with Crippen molar-refractivity contribution < 1.29 is 13.5 Å². The molecule has 0 saturated heterocycles. The van der Waals surface area contributed by atoms with Gasteiger partial charge in [0, 0.05) is 22.5 Å². The summed E-state index contributed by atoms with van der Waals surface area (Å²) in [7, 11) is -3.70. The average molecular weight is 447 g/mol. The van der Waals surface area contributed by atoms with Gasteiger partial charge < -0.3 is 5.11 Å². The molecule has 0 aliphatic heterocycles. The molecule has 3 aromatic carbocycles. The van der Waals surface area contributed by atoms with Crippen LogP contribution in [0, 0.1) is 11.3 Å². The minimum Gasteiger partial charge on any atom is -0.508 e. The molecule has 0 radical (unpaired) electrons. The fourth-order valence-corrected chi connectivity index (χ4v) is 5.53. The number of hydrogen-bond acceptors (Lipinski definition) is 5. The zero-order valence-electron chi connectivity index (χ0n) is 16.3. The van der Waals surface area contributed by atoms with Gasteiger partial charge in [0.05, 0.1) is 4.90 Å². The van der Waals surface area contributed by atoms with Crippen LogP contribution in [0.2, 0.25) is 0 Å². The van der Waals surface area contributed by atoms with Crippen molar-refractivity contribution in [3.05, 3.63) is 94.7 Å². The van der Waals surface area contributed by atoms with Crippen molar-refractivity contribution >= 4 is 21.4 Å². The summed E-state index contributed by atoms with van der Waals surface area (Å²) in [4.78, 5) is 1.41. The molecule has 0 aliphatic carbocycles. The topological polar surface area (TPSA) is 90.2 Å². The molecule has 0 bridgehead atoms. The summed E-state index contributed by atoms with van der Waals surface area (Å²) in [5.74, 6) is 0.134. The smallest absolute Gasteiger partial charge is 0.240 e. The minimum absolute atomic E-state index is 0.0544. The average Bonchev–Trinajstić information content (AvgIpc) is 3.18. The van der Waals surface area contributed by atoms with Crippen LogP contribution in [0.15, 0.2) is 89.8 Å². The van der Waals surface area contributed by atoms with Crippen LogP contribution < -0.4 is 4.72 Å². The Kier molecular flexibility index (Phi) is 5.87. The third-order valence-electron chi connectivity index (χ3n) is 4.78. The van der Waals surface area contributed by atoms with Crippen molar-refractivity contribution in [3.8, 4) is 34.1 Å². The lowest BCUT2D eigenvalue weighted by Gasteiger charge is -2.10. The number of rotatable bonds is 6. The Morgan fingerprint density at radius 3 is 2.03 bits per heavy atom. The molecule has 154 valence electrons. The Bertz CT molecular complexity index is 1340. The normalized spacial score (nSPS) is 11.2. The molecule has 4 rings (SSSR count). The Hall–Kier alpha value is -3.44. The second-order valence-corrected chi connectivity index (χ2v) is 9.64. The zero-order chi connectivity index (χ0) is 21.8. The van der Waals surface area contributed by atoms with Gasteiger partial charge in [0.1, 0.15) is 16.7 Å². The van der Waals surface area contributed by atoms with Crippen LogP contribution in [0.5, 0.6) is 5.75 Å². The number of hydrogen-bond donors (Lipinski definition) is 2. The lowest BCUT2D eigenvalue weighted by Crippen LogP contribution is -2.23. The van der Waals surface area contributed by atoms with Crippen LogP contribution in [0.25, 0.3) is 22.3 Å². The predicted octanol–water partition coefficient (Wildman–Crippen LogP) is 5.14. The molecule has 31 heavy (non-hydrogen) atoms. The summed E-state index contributed by atoms with van der Waals surface area (Å²) in [5, 5.41) is 19.5. The first-order chi connectivity index (χ1) is 15.0. The molecule has 0 saturated carbocycles. The van der Waals surface area contributed by atoms with Gasteiger partial charge in [0.15, 0.2) is 0 Å². The van der Waals surface area contributed by atoms with E-state index in [1.165, 1.54) is 23.5 Å². The summed E-state index contributed by atoms with van der Waals surface area (Å²) in [6, 6.07) is 26.6. The van der Waals surface area contributed by atoms with Crippen molar-refractivity contribution in [3.63, 3.8) is 0 Å². The molecule has 0 spiro atoms. The van der Waals surface area contributed by atoms with Crippen molar-refractivity contribution in [1.29, 1.82) is 5.26 Å². The van der Waals surface area contributed by atoms with E-state index in [0.29, 0.717) is 4.88 Å². The van der Waals surface area contributed by atoms with E-state index in [-0.39, 0.29) is 17.2 Å². The van der Waals surface area contributed by atoms with Crippen molar-refractivity contribution in [1.82, 2.24) is 4.72 Å². The highest BCUT2D eigenvalue weighted by atomic mass is 32.2. The van der Waals surface area contributed by atoms with E-state index in [1.54, 1.807) is 42.5 Å². The van der Waals surface area contributed by atoms with Gasteiger partial charge >= 0.3 is 0 Å². The quantitative estimate of drug-likeness (QED) is 0.429. The molecule has 4 aromatic rings. The van der Waals surface area contributed by atoms with Crippen LogP contribution in [-0.4, -0.2) is 13.5 Å². The number of sulfonamides is 1. The summed E-state index contributed by atoms with van der Waals surface area (Å²) in [6.45, 7) is 0.0544. The van der Waals surface area contributed by atoms with Crippen molar-refractivity contribution in [2.24, 2.45) is 0 Å². The SMILES string of the molecule is N#Cc1sc(CNS(=O)(=O)c2ccccc2)c(-c2ccccc2)c1-c1ccc(O)cc1. The molecule has 0 atom stereocenters. The Morgan fingerprint density at radius 1 is 0.839 bits per heavy atom. The van der Waals surface area contributed by atoms with Gasteiger partial charge in [0.25, 0.3) is 0 Å². The standard InChI is InChI=1S/C24H18N2O3S2/c25-15-21-23(18-11-13-19(27)14-12-18)24(17-7-3-1-4-8-17)22(30-21)16-26-31(28,29)20-9-5-2-6-10-20/h1-14,26-27H,16H2. The Morgan fingerprint density at radius 2 is 1.42 bits per heavy atom. The molecule has 7 heteroatoms. The predicted molar refractivity (Wildman–Crippen MR) is 122 cm³/mol. The molecule has 1 aromatic heterocycles. The van der Waals surface area contributed by atoms with Crippen LogP contribution in [0.1, 0.15) is 9.75 Å². The molecule has 5 nitrogen and oxygen atoms in total. The highest BCUT2D eigenvalue weighted by Gasteiger charge is 2.23. The molecular formula is C24H18N2O3S2. The van der Waals surface area contributed by atoms with Gasteiger partial charge in [-0.2, -0.15) is 5.26 Å². The second kappa shape index (κ2) is 8.74. The number of thiophene rings is 1. The Labute approximate surface area is 184 Å². The maximum Gasteiger partial charge on any atom is 0.240 e. The first kappa shape index (κ1) is 20.8. The van der Waals surface area contributed by atoms with E-state index in [4.69, 9.17) is 0 Å². The van der Waals surface area contributed by atoms with Gasteiger partial charge in [-0.25, -0.2) is 13.1 Å². The van der Waals surface area contributed by atoms with Gasteiger partial charge in [-0.3, -0.25) is 0 Å². The van der Waals surface area contributed by atoms with Crippen LogP contribution in [-0.2, 0) is 16.6 Å². The number of benzene rings is 3. The lowest BCUT2D eigenvalue weighted by molar-refractivity contribution is 0.475. The number of nitrogens with one attached hydrogen (secondary N) is 1. The molecule has 0 fully saturated rings. The second-order valence-electron chi connectivity index (χ2n) is 6.77. The molecular weight excluding hydrogens is 428 g/mol. The number of phenols is 1. The monoisotopic (exact) mass is 446 g/mol. The zero-order valence-corrected chi connectivity index (χ0v) is 18.0. The van der Waals surface area contributed by atoms with Gasteiger partial charge in [-0.1, -0.05) is 60.7 Å². The number of nitrogens with zero attached hydrogens (tertiary/aromatic N) is 1. The lowest BCUT2D eigenvalue weighted by atomic mass is 9.95. The summed E-state index contributed by atoms with van der Waals surface area (Å²) >= 11 is 1.27. The van der Waals surface area contributed by atoms with Gasteiger partial charge in [0.2, 0.25) is 10.0 Å². The van der Waals surface area contributed by atoms with Gasteiger partial charge in [-0.15, -0.1) is 11.3 Å². The van der Waals surface area contributed by atoms with Crippen LogP contribution in [0.3, 0.4) is 0 Å². The van der Waals surface area contributed by atoms with E-state index in [2.05, 4.69) is 10.8 Å². The van der Waals surface area contributed by atoms with E-state index in [0.717, 1.165) is 27.1 Å². The minimum atomic E-state index is -3.70. The van der Waals surface area contributed by atoms with Crippen LogP contribution >= 0.6 is 11.3 Å². The fourth-order valence-electron chi connectivity index (χ4n) is 3.34. The van der Waals surface area contributed by atoms with Crippen molar-refractivity contribution in [2.45, 2.75) is 11.4 Å². The maximum absolute atomic E-state index is 12.7. The first-order valence-corrected chi connectivity index (χ1v) is 11.7. The van der Waals surface area contributed by atoms with E-state index in [9.17, 15) is 18.8 Å². The fraction of sp³-hybridized carbons (Fsp3) is 0.0417. The molecule has 0 unspecified atom stereocenters. The maximum atomic E-state index is 12.7. The van der Waals surface area contributed by atoms with E-state index in [1.807, 2.05) is 30.3 Å². The van der Waals surface area contributed by atoms with E-state index < -0.39 is 10.0 Å². The summed E-state index contributed by atoms with van der Waals surface area (Å²) in [5.41, 5.74) is 3.20.